The molecule has 0 aliphatic carbocycles. The van der Waals surface area contributed by atoms with E-state index in [9.17, 15) is 28.8 Å². The molecular formula is C61H52Cl3N11O6. The fraction of sp³-hybridized carbons (Fsp3) is 0.295. The minimum atomic E-state index is -0.897. The van der Waals surface area contributed by atoms with Crippen LogP contribution in [0, 0.1) is 40.5 Å². The van der Waals surface area contributed by atoms with Gasteiger partial charge >= 0.3 is 18.1 Å². The predicted molar refractivity (Wildman–Crippen MR) is 308 cm³/mol. The van der Waals surface area contributed by atoms with Gasteiger partial charge in [0.15, 0.2) is 17.1 Å². The molecule has 6 aliphatic heterocycles. The normalized spacial score (nSPS) is 21.5. The molecule has 8 heterocycles. The average molecular weight is 1140 g/mol. The number of carbonyl (C=O) groups is 6. The van der Waals surface area contributed by atoms with Crippen molar-refractivity contribution in [3.63, 3.8) is 0 Å². The number of imide groups is 3. The largest absolute Gasteiger partial charge is 0.332 e. The van der Waals surface area contributed by atoms with Crippen molar-refractivity contribution in [1.29, 1.82) is 0 Å². The number of benzene rings is 4. The first kappa shape index (κ1) is 55.6. The number of hydrogen-bond acceptors (Lipinski definition) is 8. The SMILES string of the molecule is [C-]#[N+]c1ccc(CC23CCCN2C(=O)N(c2cc(C)nc(C)c2)C3=O)cc1.[C-]#[N+]c1ccc(CC23CCCN2C(=O)N(c2cc(C)nc(Cl)c2)C3=O)cc1.[C-]#[N+]c1ccc(CC23CCCN2C(=O)N(c2cc(Cl)cc(Cl)c2)C3=O)cc1. The van der Waals surface area contributed by atoms with E-state index in [0.29, 0.717) is 108 Å². The lowest BCUT2D eigenvalue weighted by atomic mass is 9.88. The van der Waals surface area contributed by atoms with Crippen molar-refractivity contribution in [2.75, 3.05) is 34.3 Å². The zero-order valence-electron chi connectivity index (χ0n) is 44.5. The predicted octanol–water partition coefficient (Wildman–Crippen LogP) is 13.0. The molecule has 0 N–H and O–H groups in total. The molecule has 0 saturated carbocycles. The molecule has 4 aromatic carbocycles. The van der Waals surface area contributed by atoms with Gasteiger partial charge in [0.25, 0.3) is 17.7 Å². The Labute approximate surface area is 483 Å². The molecule has 0 radical (unpaired) electrons. The van der Waals surface area contributed by atoms with Crippen molar-refractivity contribution in [1.82, 2.24) is 24.7 Å². The fourth-order valence-electron chi connectivity index (χ4n) is 12.3. The highest BCUT2D eigenvalue weighted by molar-refractivity contribution is 6.36. The smallest absolute Gasteiger partial charge is 0.309 e. The number of amides is 9. The maximum Gasteiger partial charge on any atom is 0.332 e. The van der Waals surface area contributed by atoms with Gasteiger partial charge in [-0.2, -0.15) is 0 Å². The molecular weight excluding hydrogens is 1090 g/mol. The highest BCUT2D eigenvalue weighted by Gasteiger charge is 2.62. The van der Waals surface area contributed by atoms with E-state index in [2.05, 4.69) is 24.5 Å². The zero-order valence-corrected chi connectivity index (χ0v) is 46.7. The van der Waals surface area contributed by atoms with Gasteiger partial charge in [0.2, 0.25) is 0 Å². The summed E-state index contributed by atoms with van der Waals surface area (Å²) in [5.41, 5.74) is 5.51. The van der Waals surface area contributed by atoms with E-state index in [1.807, 2.05) is 50.2 Å². The van der Waals surface area contributed by atoms with E-state index in [-0.39, 0.29) is 41.0 Å². The maximum atomic E-state index is 13.5. The van der Waals surface area contributed by atoms with E-state index >= 15 is 0 Å². The number of nitrogens with zero attached hydrogens (tertiary/aromatic N) is 11. The Morgan fingerprint density at radius 2 is 0.728 bits per heavy atom. The maximum absolute atomic E-state index is 13.5. The van der Waals surface area contributed by atoms with E-state index in [0.717, 1.165) is 47.3 Å². The van der Waals surface area contributed by atoms with Crippen LogP contribution in [0.3, 0.4) is 0 Å². The number of fused-ring (bicyclic) bond motifs is 3. The first-order valence-corrected chi connectivity index (χ1v) is 27.4. The second-order valence-electron chi connectivity index (χ2n) is 21.0. The summed E-state index contributed by atoms with van der Waals surface area (Å²) in [5, 5.41) is 0.990. The standard InChI is InChI=1S/C21H20N4O2.C20H15Cl2N3O2.C20H17ClN4O2/c1-14-11-18(12-15(2)23-14)25-19(26)21(9-4-10-24(21)20(25)27)13-16-5-7-17(22-3)8-6-16;1-23-16-5-3-13(4-6-16)12-20-7-2-8-24(20)19(27)25(18(20)26)17-10-14(21)9-15(22)11-17;1-13-10-16(11-17(21)23-13)25-18(26)20(8-3-9-24(20)19(25)27)12-14-4-6-15(22-2)7-5-14/h5-8,11-12H,4,9-10,13H2,1-2H3;3-6,9-11H,2,7-8,12H2;4-7,10-11H,3,8-9,12H2,1H3. The summed E-state index contributed by atoms with van der Waals surface area (Å²) >= 11 is 18.2. The zero-order chi connectivity index (χ0) is 57.5. The van der Waals surface area contributed by atoms with Gasteiger partial charge in [-0.1, -0.05) is 108 Å². The van der Waals surface area contributed by atoms with E-state index in [1.165, 1.54) is 14.7 Å². The summed E-state index contributed by atoms with van der Waals surface area (Å²) in [6.07, 6.45) is 5.59. The van der Waals surface area contributed by atoms with Crippen molar-refractivity contribution < 1.29 is 28.8 Å². The van der Waals surface area contributed by atoms with E-state index in [1.54, 1.807) is 100 Å². The number of aryl methyl sites for hydroxylation is 3. The van der Waals surface area contributed by atoms with Crippen LogP contribution in [0.25, 0.3) is 14.5 Å². The van der Waals surface area contributed by atoms with Gasteiger partial charge in [-0.05, 0) is 118 Å². The summed E-state index contributed by atoms with van der Waals surface area (Å²) in [5.74, 6) is -0.636. The van der Waals surface area contributed by atoms with Crippen LogP contribution in [0.5, 0.6) is 0 Å². The number of urea groups is 3. The summed E-state index contributed by atoms with van der Waals surface area (Å²) in [4.78, 5) is 107. The number of hydrogen-bond donors (Lipinski definition) is 0. The van der Waals surface area contributed by atoms with Gasteiger partial charge in [-0.15, -0.1) is 0 Å². The number of pyridine rings is 2. The van der Waals surface area contributed by atoms with Crippen LogP contribution in [0.1, 0.15) is 72.3 Å². The first-order valence-electron chi connectivity index (χ1n) is 26.3. The summed E-state index contributed by atoms with van der Waals surface area (Å²) < 4.78 is 0. The van der Waals surface area contributed by atoms with Crippen LogP contribution in [-0.4, -0.2) is 96.7 Å². The van der Waals surface area contributed by atoms with Gasteiger partial charge in [0.05, 0.1) is 36.8 Å². The second kappa shape index (κ2) is 22.1. The molecule has 6 saturated heterocycles. The second-order valence-corrected chi connectivity index (χ2v) is 22.3. The molecule has 6 fully saturated rings. The Morgan fingerprint density at radius 1 is 0.432 bits per heavy atom. The molecule has 20 heteroatoms. The minimum absolute atomic E-state index is 0.163. The molecule has 2 aromatic heterocycles. The Bertz CT molecular complexity index is 3270. The molecule has 17 nitrogen and oxygen atoms in total. The lowest BCUT2D eigenvalue weighted by Gasteiger charge is -2.28. The molecule has 12 rings (SSSR count). The van der Waals surface area contributed by atoms with Gasteiger partial charge in [-0.3, -0.25) is 19.4 Å². The summed E-state index contributed by atoms with van der Waals surface area (Å²) in [7, 11) is 0. The van der Waals surface area contributed by atoms with Crippen molar-refractivity contribution in [3.05, 3.63) is 198 Å². The van der Waals surface area contributed by atoms with Crippen molar-refractivity contribution in [2.24, 2.45) is 0 Å². The highest BCUT2D eigenvalue weighted by Crippen LogP contribution is 2.46. The minimum Gasteiger partial charge on any atom is -0.309 e. The van der Waals surface area contributed by atoms with Crippen LogP contribution in [0.4, 0.5) is 48.5 Å². The third-order valence-corrected chi connectivity index (χ3v) is 16.4. The Balaban J connectivity index is 0.000000136. The lowest BCUT2D eigenvalue weighted by Crippen LogP contribution is -2.47. The average Bonchev–Trinajstić information content (AvgIpc) is 4.31. The number of anilines is 3. The van der Waals surface area contributed by atoms with Crippen LogP contribution in [0.15, 0.2) is 115 Å². The third-order valence-electron chi connectivity index (χ3n) is 15.8. The molecule has 408 valence electrons. The number of carbonyl (C=O) groups excluding carboxylic acids is 6. The highest BCUT2D eigenvalue weighted by atomic mass is 35.5. The van der Waals surface area contributed by atoms with Crippen molar-refractivity contribution in [2.45, 2.75) is 95.2 Å². The summed E-state index contributed by atoms with van der Waals surface area (Å²) in [6, 6.07) is 32.2. The van der Waals surface area contributed by atoms with E-state index < -0.39 is 16.6 Å². The van der Waals surface area contributed by atoms with Gasteiger partial charge < -0.3 is 14.7 Å². The van der Waals surface area contributed by atoms with Crippen LogP contribution < -0.4 is 14.7 Å². The molecule has 6 aromatic rings. The Morgan fingerprint density at radius 3 is 1.04 bits per heavy atom. The van der Waals surface area contributed by atoms with Crippen molar-refractivity contribution in [3.8, 4) is 0 Å². The number of rotatable bonds is 9. The van der Waals surface area contributed by atoms with Crippen LogP contribution >= 0.6 is 34.8 Å². The van der Waals surface area contributed by atoms with Gasteiger partial charge in [0.1, 0.15) is 21.8 Å². The molecule has 0 bridgehead atoms. The Kier molecular flexibility index (Phi) is 15.2. The van der Waals surface area contributed by atoms with Gasteiger partial charge in [-0.25, -0.2) is 48.6 Å². The molecule has 0 spiro atoms. The molecule has 9 amide bonds. The third kappa shape index (κ3) is 10.2. The quantitative estimate of drug-likeness (QED) is 0.0785. The number of aromatic nitrogens is 2. The van der Waals surface area contributed by atoms with Crippen molar-refractivity contribution >= 4 is 105 Å². The Hall–Kier alpha value is -8.66. The number of halogens is 3. The van der Waals surface area contributed by atoms with E-state index in [4.69, 9.17) is 54.5 Å². The molecule has 6 aliphatic rings. The molecule has 81 heavy (non-hydrogen) atoms. The topological polar surface area (TPSA) is 161 Å². The lowest BCUT2D eigenvalue weighted by molar-refractivity contribution is -0.124. The molecule has 3 unspecified atom stereocenters. The van der Waals surface area contributed by atoms with Crippen LogP contribution in [-0.2, 0) is 33.6 Å². The van der Waals surface area contributed by atoms with Crippen LogP contribution in [0.2, 0.25) is 15.2 Å². The first-order chi connectivity index (χ1) is 38.8. The van der Waals surface area contributed by atoms with Gasteiger partial charge in [0, 0.05) is 66.0 Å². The molecule has 3 atom stereocenters. The summed E-state index contributed by atoms with van der Waals surface area (Å²) in [6.45, 7) is 28.4. The fourth-order valence-corrected chi connectivity index (χ4v) is 13.0. The monoisotopic (exact) mass is 1140 g/mol.